The summed E-state index contributed by atoms with van der Waals surface area (Å²) in [7, 11) is 0. The quantitative estimate of drug-likeness (QED) is 0.772. The lowest BCUT2D eigenvalue weighted by atomic mass is 10.0. The Kier molecular flexibility index (Phi) is 6.18. The number of carbonyl (C=O) groups is 1. The Labute approximate surface area is 137 Å². The molecule has 4 heteroatoms. The van der Waals surface area contributed by atoms with E-state index in [1.54, 1.807) is 11.0 Å². The summed E-state index contributed by atoms with van der Waals surface area (Å²) in [6.45, 7) is 6.30. The second-order valence-corrected chi connectivity index (χ2v) is 5.69. The summed E-state index contributed by atoms with van der Waals surface area (Å²) in [5.41, 5.74) is 1.19. The van der Waals surface area contributed by atoms with Crippen LogP contribution in [0.4, 0.5) is 4.79 Å². The van der Waals surface area contributed by atoms with Crippen LogP contribution in [0.25, 0.3) is 10.8 Å². The average Bonchev–Trinajstić information content (AvgIpc) is 2.54. The van der Waals surface area contributed by atoms with Crippen LogP contribution in [0.15, 0.2) is 55.1 Å². The first-order chi connectivity index (χ1) is 11.1. The molecule has 2 rings (SSSR count). The lowest BCUT2D eigenvalue weighted by molar-refractivity contribution is 0.181. The highest BCUT2D eigenvalue weighted by molar-refractivity contribution is 5.83. The van der Waals surface area contributed by atoms with Crippen molar-refractivity contribution in [2.24, 2.45) is 0 Å². The van der Waals surface area contributed by atoms with Crippen molar-refractivity contribution in [3.05, 3.63) is 60.7 Å². The maximum atomic E-state index is 12.2. The molecule has 122 valence electrons. The third kappa shape index (κ3) is 4.83. The van der Waals surface area contributed by atoms with Crippen molar-refractivity contribution >= 4 is 16.8 Å². The molecule has 0 saturated carbocycles. The summed E-state index contributed by atoms with van der Waals surface area (Å²) in [5.74, 6) is 0. The van der Waals surface area contributed by atoms with Crippen LogP contribution >= 0.6 is 0 Å². The molecular formula is C19H24N2O2. The molecule has 23 heavy (non-hydrogen) atoms. The average molecular weight is 312 g/mol. The summed E-state index contributed by atoms with van der Waals surface area (Å²) in [4.78, 5) is 13.7. The van der Waals surface area contributed by atoms with Crippen molar-refractivity contribution in [1.29, 1.82) is 0 Å². The van der Waals surface area contributed by atoms with Gasteiger partial charge in [0.25, 0.3) is 0 Å². The summed E-state index contributed by atoms with van der Waals surface area (Å²) in [5, 5.41) is 14.4. The van der Waals surface area contributed by atoms with Crippen molar-refractivity contribution in [1.82, 2.24) is 10.2 Å². The molecule has 4 nitrogen and oxygen atoms in total. The Morgan fingerprint density at radius 3 is 2.74 bits per heavy atom. The van der Waals surface area contributed by atoms with Crippen molar-refractivity contribution in [2.45, 2.75) is 19.4 Å². The van der Waals surface area contributed by atoms with Gasteiger partial charge in [0.1, 0.15) is 0 Å². The molecule has 2 N–H and O–H groups in total. The Morgan fingerprint density at radius 1 is 1.30 bits per heavy atom. The first-order valence-corrected chi connectivity index (χ1v) is 7.89. The molecular weight excluding hydrogens is 288 g/mol. The molecule has 2 aromatic carbocycles. The summed E-state index contributed by atoms with van der Waals surface area (Å²) in [6.07, 6.45) is 2.42. The van der Waals surface area contributed by atoms with E-state index in [1.807, 2.05) is 19.1 Å². The zero-order valence-corrected chi connectivity index (χ0v) is 13.5. The normalized spacial score (nSPS) is 11.9. The molecule has 0 heterocycles. The van der Waals surface area contributed by atoms with Crippen LogP contribution in [0, 0.1) is 0 Å². The molecule has 0 radical (unpaired) electrons. The molecule has 0 aromatic heterocycles. The number of aliphatic hydroxyl groups excluding tert-OH is 1. The molecule has 0 bridgehead atoms. The van der Waals surface area contributed by atoms with E-state index in [1.165, 1.54) is 16.3 Å². The Bertz CT molecular complexity index is 669. The zero-order chi connectivity index (χ0) is 16.7. The van der Waals surface area contributed by atoms with Crippen LogP contribution in [0.5, 0.6) is 0 Å². The van der Waals surface area contributed by atoms with Crippen molar-refractivity contribution in [3.63, 3.8) is 0 Å². The predicted molar refractivity (Wildman–Crippen MR) is 94.5 cm³/mol. The van der Waals surface area contributed by atoms with E-state index >= 15 is 0 Å². The molecule has 1 atom stereocenters. The first kappa shape index (κ1) is 17.0. The standard InChI is InChI=1S/C19H24N2O2/c1-3-10-21(11-12-22)19(23)20-15(2)13-16-8-9-17-6-4-5-7-18(17)14-16/h3-9,14-15,22H,1,10-13H2,2H3,(H,20,23). The van der Waals surface area contributed by atoms with E-state index in [0.29, 0.717) is 13.1 Å². The van der Waals surface area contributed by atoms with Gasteiger partial charge >= 0.3 is 6.03 Å². The molecule has 2 amide bonds. The minimum Gasteiger partial charge on any atom is -0.395 e. The van der Waals surface area contributed by atoms with Gasteiger partial charge in [0.15, 0.2) is 0 Å². The molecule has 0 aliphatic carbocycles. The fourth-order valence-corrected chi connectivity index (χ4v) is 2.62. The highest BCUT2D eigenvalue weighted by Gasteiger charge is 2.14. The monoisotopic (exact) mass is 312 g/mol. The minimum absolute atomic E-state index is 0.00895. The van der Waals surface area contributed by atoms with Crippen LogP contribution in [0.1, 0.15) is 12.5 Å². The maximum absolute atomic E-state index is 12.2. The Balaban J connectivity index is 1.98. The number of aliphatic hydroxyl groups is 1. The van der Waals surface area contributed by atoms with Crippen molar-refractivity contribution in [2.75, 3.05) is 19.7 Å². The van der Waals surface area contributed by atoms with Crippen LogP contribution in [-0.4, -0.2) is 41.8 Å². The number of hydrogen-bond donors (Lipinski definition) is 2. The third-order valence-electron chi connectivity index (χ3n) is 3.73. The number of fused-ring (bicyclic) bond motifs is 1. The van der Waals surface area contributed by atoms with Gasteiger partial charge in [-0.15, -0.1) is 6.58 Å². The van der Waals surface area contributed by atoms with Gasteiger partial charge in [-0.05, 0) is 29.7 Å². The Hall–Kier alpha value is -2.33. The van der Waals surface area contributed by atoms with Gasteiger partial charge in [0, 0.05) is 19.1 Å². The lowest BCUT2D eigenvalue weighted by Crippen LogP contribution is -2.45. The number of urea groups is 1. The van der Waals surface area contributed by atoms with Gasteiger partial charge in [-0.25, -0.2) is 4.79 Å². The third-order valence-corrected chi connectivity index (χ3v) is 3.73. The van der Waals surface area contributed by atoms with Gasteiger partial charge < -0.3 is 15.3 Å². The molecule has 2 aromatic rings. The van der Waals surface area contributed by atoms with Gasteiger partial charge in [-0.2, -0.15) is 0 Å². The largest absolute Gasteiger partial charge is 0.395 e. The van der Waals surface area contributed by atoms with Crippen LogP contribution in [0.3, 0.4) is 0 Å². The molecule has 0 fully saturated rings. The second kappa shape index (κ2) is 8.34. The van der Waals surface area contributed by atoms with Crippen LogP contribution < -0.4 is 5.32 Å². The molecule has 0 aliphatic rings. The second-order valence-electron chi connectivity index (χ2n) is 5.69. The minimum atomic E-state index is -0.174. The van der Waals surface area contributed by atoms with E-state index < -0.39 is 0 Å². The van der Waals surface area contributed by atoms with E-state index in [-0.39, 0.29) is 18.7 Å². The zero-order valence-electron chi connectivity index (χ0n) is 13.5. The van der Waals surface area contributed by atoms with E-state index in [4.69, 9.17) is 5.11 Å². The number of nitrogens with zero attached hydrogens (tertiary/aromatic N) is 1. The molecule has 0 spiro atoms. The lowest BCUT2D eigenvalue weighted by Gasteiger charge is -2.23. The number of nitrogens with one attached hydrogen (secondary N) is 1. The highest BCUT2D eigenvalue weighted by Crippen LogP contribution is 2.16. The summed E-state index contributed by atoms with van der Waals surface area (Å²) < 4.78 is 0. The topological polar surface area (TPSA) is 52.6 Å². The van der Waals surface area contributed by atoms with Crippen LogP contribution in [0.2, 0.25) is 0 Å². The van der Waals surface area contributed by atoms with Gasteiger partial charge in [-0.1, -0.05) is 48.5 Å². The van der Waals surface area contributed by atoms with E-state index in [9.17, 15) is 4.79 Å². The smallest absolute Gasteiger partial charge is 0.317 e. The molecule has 0 saturated heterocycles. The fraction of sp³-hybridized carbons (Fsp3) is 0.316. The number of rotatable bonds is 7. The summed E-state index contributed by atoms with van der Waals surface area (Å²) in [6, 6.07) is 14.4. The van der Waals surface area contributed by atoms with Gasteiger partial charge in [0.2, 0.25) is 0 Å². The van der Waals surface area contributed by atoms with E-state index in [2.05, 4.69) is 42.2 Å². The molecule has 1 unspecified atom stereocenters. The maximum Gasteiger partial charge on any atom is 0.317 e. The van der Waals surface area contributed by atoms with E-state index in [0.717, 1.165) is 6.42 Å². The predicted octanol–water partition coefficient (Wildman–Crippen LogP) is 2.96. The SMILES string of the molecule is C=CCN(CCO)C(=O)NC(C)Cc1ccc2ccccc2c1. The highest BCUT2D eigenvalue weighted by atomic mass is 16.3. The van der Waals surface area contributed by atoms with Crippen molar-refractivity contribution < 1.29 is 9.90 Å². The van der Waals surface area contributed by atoms with Crippen LogP contribution in [-0.2, 0) is 6.42 Å². The Morgan fingerprint density at radius 2 is 2.04 bits per heavy atom. The summed E-state index contributed by atoms with van der Waals surface area (Å²) >= 11 is 0. The molecule has 0 aliphatic heterocycles. The number of amides is 2. The number of benzene rings is 2. The first-order valence-electron chi connectivity index (χ1n) is 7.89. The van der Waals surface area contributed by atoms with Gasteiger partial charge in [-0.3, -0.25) is 0 Å². The van der Waals surface area contributed by atoms with Gasteiger partial charge in [0.05, 0.1) is 6.61 Å². The van der Waals surface area contributed by atoms with Crippen molar-refractivity contribution in [3.8, 4) is 0 Å². The fourth-order valence-electron chi connectivity index (χ4n) is 2.62. The number of carbonyl (C=O) groups excluding carboxylic acids is 1. The number of hydrogen-bond acceptors (Lipinski definition) is 2.